The summed E-state index contributed by atoms with van der Waals surface area (Å²) in [5.74, 6) is -2.03. The number of hydrogen-bond donors (Lipinski definition) is 2. The minimum atomic E-state index is -0.921. The number of carbonyl (C=O) groups is 2. The normalized spacial score (nSPS) is 28.6. The Morgan fingerprint density at radius 3 is 2.59 bits per heavy atom. The number of anilines is 1. The molecular weight excluding hydrogens is 306 g/mol. The quantitative estimate of drug-likeness (QED) is 0.836. The number of hydrogen-bond acceptors (Lipinski definition) is 3. The molecule has 2 aliphatic carbocycles. The zero-order valence-electron chi connectivity index (χ0n) is 12.0. The summed E-state index contributed by atoms with van der Waals surface area (Å²) < 4.78 is 5.20. The lowest BCUT2D eigenvalue weighted by atomic mass is 9.82. The average Bonchev–Trinajstić information content (AvgIpc) is 3.08. The van der Waals surface area contributed by atoms with Crippen molar-refractivity contribution in [1.82, 2.24) is 0 Å². The van der Waals surface area contributed by atoms with Crippen LogP contribution in [-0.2, 0) is 9.59 Å². The van der Waals surface area contributed by atoms with Crippen LogP contribution in [0.2, 0.25) is 5.02 Å². The maximum absolute atomic E-state index is 12.6. The standard InChI is InChI=1S/C16H16ClNO4/c1-22-12-5-4-10(17)7-11(12)18-15(19)13-8-2-3-9(6-8)14(13)16(20)21/h2-5,7-9,13-14H,6H2,1H3,(H,18,19)(H,20,21)/t8-,9-,13-,14-/m0/s1. The van der Waals surface area contributed by atoms with E-state index in [4.69, 9.17) is 16.3 Å². The van der Waals surface area contributed by atoms with Gasteiger partial charge in [0.1, 0.15) is 5.75 Å². The van der Waals surface area contributed by atoms with Crippen molar-refractivity contribution in [2.45, 2.75) is 6.42 Å². The Labute approximate surface area is 132 Å². The number of nitrogens with one attached hydrogen (secondary N) is 1. The predicted molar refractivity (Wildman–Crippen MR) is 82.0 cm³/mol. The highest BCUT2D eigenvalue weighted by molar-refractivity contribution is 6.31. The summed E-state index contributed by atoms with van der Waals surface area (Å²) >= 11 is 5.95. The molecule has 1 amide bonds. The lowest BCUT2D eigenvalue weighted by Gasteiger charge is -2.24. The summed E-state index contributed by atoms with van der Waals surface area (Å²) in [4.78, 5) is 24.1. The van der Waals surface area contributed by atoms with Crippen molar-refractivity contribution in [2.24, 2.45) is 23.7 Å². The van der Waals surface area contributed by atoms with Crippen molar-refractivity contribution in [3.05, 3.63) is 35.4 Å². The molecule has 0 saturated heterocycles. The number of fused-ring (bicyclic) bond motifs is 2. The van der Waals surface area contributed by atoms with Gasteiger partial charge in [0.05, 0.1) is 24.6 Å². The summed E-state index contributed by atoms with van der Waals surface area (Å²) in [5, 5.41) is 12.6. The van der Waals surface area contributed by atoms with Crippen molar-refractivity contribution < 1.29 is 19.4 Å². The van der Waals surface area contributed by atoms with Crippen molar-refractivity contribution in [1.29, 1.82) is 0 Å². The molecule has 0 radical (unpaired) electrons. The molecule has 0 heterocycles. The van der Waals surface area contributed by atoms with Crippen molar-refractivity contribution in [2.75, 3.05) is 12.4 Å². The lowest BCUT2D eigenvalue weighted by molar-refractivity contribution is -0.146. The number of carboxylic acid groups (broad SMARTS) is 1. The Bertz CT molecular complexity index is 658. The number of amides is 1. The van der Waals surface area contributed by atoms with Crippen LogP contribution in [0.3, 0.4) is 0 Å². The number of carboxylic acids is 1. The molecule has 1 aromatic carbocycles. The number of allylic oxidation sites excluding steroid dienone is 2. The molecule has 116 valence electrons. The van der Waals surface area contributed by atoms with Crippen molar-refractivity contribution >= 4 is 29.2 Å². The smallest absolute Gasteiger partial charge is 0.307 e. The molecule has 1 saturated carbocycles. The third-order valence-corrected chi connectivity index (χ3v) is 4.70. The first-order valence-corrected chi connectivity index (χ1v) is 7.44. The Hall–Kier alpha value is -2.01. The fraction of sp³-hybridized carbons (Fsp3) is 0.375. The van der Waals surface area contributed by atoms with Crippen LogP contribution in [0.25, 0.3) is 0 Å². The molecule has 2 N–H and O–H groups in total. The van der Waals surface area contributed by atoms with Crippen LogP contribution in [-0.4, -0.2) is 24.1 Å². The van der Waals surface area contributed by atoms with Gasteiger partial charge in [-0.05, 0) is 36.5 Å². The molecule has 0 unspecified atom stereocenters. The molecule has 0 aliphatic heterocycles. The summed E-state index contributed by atoms with van der Waals surface area (Å²) in [6, 6.07) is 4.92. The van der Waals surface area contributed by atoms with Gasteiger partial charge in [-0.3, -0.25) is 9.59 Å². The zero-order chi connectivity index (χ0) is 15.9. The van der Waals surface area contributed by atoms with Gasteiger partial charge in [-0.25, -0.2) is 0 Å². The highest BCUT2D eigenvalue weighted by Gasteiger charge is 2.51. The van der Waals surface area contributed by atoms with E-state index in [1.54, 1.807) is 18.2 Å². The van der Waals surface area contributed by atoms with Gasteiger partial charge in [-0.1, -0.05) is 23.8 Å². The van der Waals surface area contributed by atoms with Crippen LogP contribution in [0, 0.1) is 23.7 Å². The van der Waals surface area contributed by atoms with Crippen LogP contribution in [0.1, 0.15) is 6.42 Å². The molecule has 4 atom stereocenters. The van der Waals surface area contributed by atoms with E-state index in [0.29, 0.717) is 16.5 Å². The number of benzene rings is 1. The number of halogens is 1. The topological polar surface area (TPSA) is 75.6 Å². The highest BCUT2D eigenvalue weighted by Crippen LogP contribution is 2.48. The first-order valence-electron chi connectivity index (χ1n) is 7.07. The van der Waals surface area contributed by atoms with Gasteiger partial charge in [0.15, 0.2) is 0 Å². The van der Waals surface area contributed by atoms with Gasteiger partial charge >= 0.3 is 5.97 Å². The van der Waals surface area contributed by atoms with Gasteiger partial charge in [-0.15, -0.1) is 0 Å². The van der Waals surface area contributed by atoms with E-state index in [0.717, 1.165) is 6.42 Å². The van der Waals surface area contributed by atoms with E-state index in [1.807, 2.05) is 12.2 Å². The van der Waals surface area contributed by atoms with E-state index >= 15 is 0 Å². The van der Waals surface area contributed by atoms with Crippen molar-refractivity contribution in [3.63, 3.8) is 0 Å². The van der Waals surface area contributed by atoms with E-state index < -0.39 is 17.8 Å². The second-order valence-corrected chi connectivity index (χ2v) is 6.11. The third-order valence-electron chi connectivity index (χ3n) is 4.47. The van der Waals surface area contributed by atoms with Gasteiger partial charge in [0, 0.05) is 5.02 Å². The molecule has 0 spiro atoms. The fourth-order valence-corrected chi connectivity index (χ4v) is 3.68. The van der Waals surface area contributed by atoms with Crippen molar-refractivity contribution in [3.8, 4) is 5.75 Å². The van der Waals surface area contributed by atoms with E-state index in [2.05, 4.69) is 5.32 Å². The van der Waals surface area contributed by atoms with Gasteiger partial charge in [-0.2, -0.15) is 0 Å². The van der Waals surface area contributed by atoms with E-state index in [1.165, 1.54) is 7.11 Å². The minimum absolute atomic E-state index is 0.0173. The van der Waals surface area contributed by atoms with Crippen LogP contribution in [0.15, 0.2) is 30.4 Å². The minimum Gasteiger partial charge on any atom is -0.495 e. The average molecular weight is 322 g/mol. The molecule has 2 aliphatic rings. The lowest BCUT2D eigenvalue weighted by Crippen LogP contribution is -2.36. The van der Waals surface area contributed by atoms with Crippen LogP contribution in [0.4, 0.5) is 5.69 Å². The molecule has 1 fully saturated rings. The summed E-state index contributed by atoms with van der Waals surface area (Å²) in [5.41, 5.74) is 0.455. The summed E-state index contributed by atoms with van der Waals surface area (Å²) in [7, 11) is 1.50. The second-order valence-electron chi connectivity index (χ2n) is 5.67. The van der Waals surface area contributed by atoms with E-state index in [9.17, 15) is 14.7 Å². The maximum atomic E-state index is 12.6. The number of rotatable bonds is 4. The number of carbonyl (C=O) groups excluding carboxylic acids is 1. The number of aliphatic carboxylic acids is 1. The Morgan fingerprint density at radius 1 is 1.27 bits per heavy atom. The first-order chi connectivity index (χ1) is 10.5. The predicted octanol–water partition coefficient (Wildman–Crippen LogP) is 2.81. The van der Waals surface area contributed by atoms with Crippen LogP contribution in [0.5, 0.6) is 5.75 Å². The SMILES string of the molecule is COc1ccc(Cl)cc1NC(=O)[C@@H]1[C@@H](C(=O)O)[C@H]2C=C[C@H]1C2. The van der Waals surface area contributed by atoms with E-state index in [-0.39, 0.29) is 17.7 Å². The highest BCUT2D eigenvalue weighted by atomic mass is 35.5. The zero-order valence-corrected chi connectivity index (χ0v) is 12.7. The first kappa shape index (κ1) is 14.9. The largest absolute Gasteiger partial charge is 0.495 e. The van der Waals surface area contributed by atoms with Gasteiger partial charge in [0.25, 0.3) is 0 Å². The third kappa shape index (κ3) is 2.46. The van der Waals surface area contributed by atoms with Crippen LogP contribution >= 0.6 is 11.6 Å². The molecule has 3 rings (SSSR count). The van der Waals surface area contributed by atoms with Gasteiger partial charge < -0.3 is 15.2 Å². The Morgan fingerprint density at radius 2 is 1.95 bits per heavy atom. The monoisotopic (exact) mass is 321 g/mol. The summed E-state index contributed by atoms with van der Waals surface area (Å²) in [6.07, 6.45) is 4.58. The molecule has 5 nitrogen and oxygen atoms in total. The second kappa shape index (κ2) is 5.65. The molecule has 6 heteroatoms. The summed E-state index contributed by atoms with van der Waals surface area (Å²) in [6.45, 7) is 0. The number of ether oxygens (including phenoxy) is 1. The molecular formula is C16H16ClNO4. The molecule has 1 aromatic rings. The maximum Gasteiger partial charge on any atom is 0.307 e. The van der Waals surface area contributed by atoms with Gasteiger partial charge in [0.2, 0.25) is 5.91 Å². The molecule has 22 heavy (non-hydrogen) atoms. The molecule has 0 aromatic heterocycles. The fourth-order valence-electron chi connectivity index (χ4n) is 3.51. The Kier molecular flexibility index (Phi) is 3.83. The van der Waals surface area contributed by atoms with Crippen LogP contribution < -0.4 is 10.1 Å². The number of methoxy groups -OCH3 is 1. The molecule has 2 bridgehead atoms. The Balaban J connectivity index is 1.84.